The van der Waals surface area contributed by atoms with Gasteiger partial charge in [-0.1, -0.05) is 60.2 Å². The van der Waals surface area contributed by atoms with Crippen LogP contribution in [0.4, 0.5) is 5.69 Å². The third kappa shape index (κ3) is 4.98. The summed E-state index contributed by atoms with van der Waals surface area (Å²) >= 11 is 0. The van der Waals surface area contributed by atoms with Crippen LogP contribution >= 0.6 is 0 Å². The molecule has 0 fully saturated rings. The molecule has 4 rings (SSSR count). The van der Waals surface area contributed by atoms with Crippen LogP contribution in [-0.2, 0) is 6.42 Å². The fourth-order valence-electron chi connectivity index (χ4n) is 3.66. The number of hydrogen-bond donors (Lipinski definition) is 1. The fourth-order valence-corrected chi connectivity index (χ4v) is 3.66. The molecule has 0 aliphatic rings. The second-order valence-corrected chi connectivity index (χ2v) is 7.89. The number of aromatic nitrogens is 1. The number of rotatable bonds is 6. The van der Waals surface area contributed by atoms with E-state index in [2.05, 4.69) is 10.3 Å². The van der Waals surface area contributed by atoms with E-state index in [-0.39, 0.29) is 11.7 Å². The fraction of sp³-hybridized carbons (Fsp3) is 0.107. The average molecular weight is 421 g/mol. The van der Waals surface area contributed by atoms with Gasteiger partial charge < -0.3 is 5.32 Å². The van der Waals surface area contributed by atoms with E-state index in [1.807, 2.05) is 80.6 Å². The Morgan fingerprint density at radius 1 is 0.812 bits per heavy atom. The van der Waals surface area contributed by atoms with E-state index in [1.54, 1.807) is 24.5 Å². The summed E-state index contributed by atoms with van der Waals surface area (Å²) in [6.07, 6.45) is 3.57. The van der Waals surface area contributed by atoms with Gasteiger partial charge in [-0.15, -0.1) is 0 Å². The van der Waals surface area contributed by atoms with Crippen LogP contribution in [0.15, 0.2) is 91.3 Å². The molecule has 0 saturated carbocycles. The molecule has 0 atom stereocenters. The Balaban J connectivity index is 1.51. The number of benzene rings is 3. The standard InChI is InChI=1S/C28H24N2O2/c1-19-4-3-5-21(16-19)17-27(31)23-9-7-22(8-10-23)26-18-25(11-6-20(26)2)30-28(32)24-12-14-29-15-13-24/h3-16,18H,17H2,1-2H3,(H,30,32). The van der Waals surface area contributed by atoms with Crippen molar-refractivity contribution >= 4 is 17.4 Å². The minimum Gasteiger partial charge on any atom is -0.322 e. The molecular formula is C28H24N2O2. The van der Waals surface area contributed by atoms with Gasteiger partial charge in [0, 0.05) is 35.6 Å². The number of carbonyl (C=O) groups is 2. The zero-order chi connectivity index (χ0) is 22.5. The van der Waals surface area contributed by atoms with Crippen LogP contribution in [0.5, 0.6) is 0 Å². The number of nitrogens with one attached hydrogen (secondary N) is 1. The van der Waals surface area contributed by atoms with Crippen LogP contribution in [0, 0.1) is 13.8 Å². The predicted molar refractivity (Wildman–Crippen MR) is 128 cm³/mol. The SMILES string of the molecule is Cc1cccc(CC(=O)c2ccc(-c3cc(NC(=O)c4ccncc4)ccc3C)cc2)c1. The first-order valence-electron chi connectivity index (χ1n) is 10.5. The number of carbonyl (C=O) groups excluding carboxylic acids is 2. The Morgan fingerprint density at radius 3 is 2.28 bits per heavy atom. The lowest BCUT2D eigenvalue weighted by atomic mass is 9.96. The van der Waals surface area contributed by atoms with Gasteiger partial charge in [-0.05, 0) is 60.4 Å². The highest BCUT2D eigenvalue weighted by molar-refractivity contribution is 6.04. The van der Waals surface area contributed by atoms with Crippen molar-refractivity contribution in [3.05, 3.63) is 119 Å². The van der Waals surface area contributed by atoms with E-state index in [9.17, 15) is 9.59 Å². The minimum absolute atomic E-state index is 0.0947. The van der Waals surface area contributed by atoms with Crippen molar-refractivity contribution in [1.82, 2.24) is 4.98 Å². The summed E-state index contributed by atoms with van der Waals surface area (Å²) in [5, 5.41) is 2.94. The number of amides is 1. The Hall–Kier alpha value is -4.05. The first-order chi connectivity index (χ1) is 15.5. The third-order valence-electron chi connectivity index (χ3n) is 5.40. The van der Waals surface area contributed by atoms with Gasteiger partial charge in [0.05, 0.1) is 0 Å². The van der Waals surface area contributed by atoms with E-state index in [4.69, 9.17) is 0 Å². The van der Waals surface area contributed by atoms with Crippen LogP contribution < -0.4 is 5.32 Å². The van der Waals surface area contributed by atoms with Crippen molar-refractivity contribution in [2.75, 3.05) is 5.32 Å². The van der Waals surface area contributed by atoms with Gasteiger partial charge in [-0.3, -0.25) is 14.6 Å². The Labute approximate surface area is 188 Å². The Morgan fingerprint density at radius 2 is 1.56 bits per heavy atom. The number of ketones is 1. The van der Waals surface area contributed by atoms with Gasteiger partial charge in [-0.25, -0.2) is 0 Å². The van der Waals surface area contributed by atoms with E-state index in [1.165, 1.54) is 0 Å². The first kappa shape index (κ1) is 21.2. The molecule has 1 N–H and O–H groups in total. The Kier molecular flexibility index (Phi) is 6.22. The van der Waals surface area contributed by atoms with E-state index in [0.29, 0.717) is 23.2 Å². The van der Waals surface area contributed by atoms with Crippen molar-refractivity contribution in [3.63, 3.8) is 0 Å². The molecule has 3 aromatic carbocycles. The molecule has 0 aliphatic carbocycles. The first-order valence-corrected chi connectivity index (χ1v) is 10.5. The van der Waals surface area contributed by atoms with Gasteiger partial charge in [0.2, 0.25) is 0 Å². The molecule has 4 aromatic rings. The summed E-state index contributed by atoms with van der Waals surface area (Å²) in [6.45, 7) is 4.05. The molecule has 4 nitrogen and oxygen atoms in total. The maximum Gasteiger partial charge on any atom is 0.255 e. The monoisotopic (exact) mass is 420 g/mol. The number of aryl methyl sites for hydroxylation is 2. The topological polar surface area (TPSA) is 59.1 Å². The van der Waals surface area contributed by atoms with Gasteiger partial charge in [0.25, 0.3) is 5.91 Å². The van der Waals surface area contributed by atoms with Crippen molar-refractivity contribution in [1.29, 1.82) is 0 Å². The quantitative estimate of drug-likeness (QED) is 0.387. The number of hydrogen-bond acceptors (Lipinski definition) is 3. The second-order valence-electron chi connectivity index (χ2n) is 7.89. The number of pyridine rings is 1. The molecule has 0 spiro atoms. The highest BCUT2D eigenvalue weighted by atomic mass is 16.1. The van der Waals surface area contributed by atoms with Gasteiger partial charge in [-0.2, -0.15) is 0 Å². The summed E-state index contributed by atoms with van der Waals surface area (Å²) in [5.74, 6) is -0.0865. The lowest BCUT2D eigenvalue weighted by Crippen LogP contribution is -2.11. The summed E-state index contributed by atoms with van der Waals surface area (Å²) in [4.78, 5) is 29.1. The minimum atomic E-state index is -0.181. The molecule has 0 unspecified atom stereocenters. The van der Waals surface area contributed by atoms with Crippen molar-refractivity contribution in [2.24, 2.45) is 0 Å². The molecule has 158 valence electrons. The van der Waals surface area contributed by atoms with Crippen LogP contribution in [0.2, 0.25) is 0 Å². The molecule has 32 heavy (non-hydrogen) atoms. The average Bonchev–Trinajstić information content (AvgIpc) is 2.81. The zero-order valence-electron chi connectivity index (χ0n) is 18.1. The lowest BCUT2D eigenvalue weighted by molar-refractivity contribution is 0.0991. The van der Waals surface area contributed by atoms with Gasteiger partial charge in [0.15, 0.2) is 5.78 Å². The van der Waals surface area contributed by atoms with Crippen LogP contribution in [0.25, 0.3) is 11.1 Å². The summed E-state index contributed by atoms with van der Waals surface area (Å²) in [6, 6.07) is 24.9. The van der Waals surface area contributed by atoms with E-state index < -0.39 is 0 Å². The number of anilines is 1. The van der Waals surface area contributed by atoms with Gasteiger partial charge in [0.1, 0.15) is 0 Å². The lowest BCUT2D eigenvalue weighted by Gasteiger charge is -2.11. The molecule has 1 heterocycles. The maximum atomic E-state index is 12.7. The summed E-state index contributed by atoms with van der Waals surface area (Å²) < 4.78 is 0. The maximum absolute atomic E-state index is 12.7. The van der Waals surface area contributed by atoms with Gasteiger partial charge >= 0.3 is 0 Å². The second kappa shape index (κ2) is 9.40. The highest BCUT2D eigenvalue weighted by Crippen LogP contribution is 2.27. The summed E-state index contributed by atoms with van der Waals surface area (Å²) in [5.41, 5.74) is 7.22. The normalized spacial score (nSPS) is 10.6. The van der Waals surface area contributed by atoms with E-state index in [0.717, 1.165) is 27.8 Å². The van der Waals surface area contributed by atoms with Crippen LogP contribution in [-0.4, -0.2) is 16.7 Å². The van der Waals surface area contributed by atoms with E-state index >= 15 is 0 Å². The molecule has 1 aromatic heterocycles. The largest absolute Gasteiger partial charge is 0.322 e. The molecule has 0 radical (unpaired) electrons. The molecule has 0 saturated heterocycles. The summed E-state index contributed by atoms with van der Waals surface area (Å²) in [7, 11) is 0. The molecule has 0 aliphatic heterocycles. The Bertz CT molecular complexity index is 1260. The molecular weight excluding hydrogens is 396 g/mol. The van der Waals surface area contributed by atoms with Crippen molar-refractivity contribution in [2.45, 2.75) is 20.3 Å². The van der Waals surface area contributed by atoms with Crippen molar-refractivity contribution in [3.8, 4) is 11.1 Å². The van der Waals surface area contributed by atoms with Crippen molar-refractivity contribution < 1.29 is 9.59 Å². The zero-order valence-corrected chi connectivity index (χ0v) is 18.1. The van der Waals surface area contributed by atoms with Crippen LogP contribution in [0.3, 0.4) is 0 Å². The predicted octanol–water partition coefficient (Wildman–Crippen LogP) is 6.04. The molecule has 1 amide bonds. The van der Waals surface area contributed by atoms with Crippen LogP contribution in [0.1, 0.15) is 37.4 Å². The molecule has 0 bridgehead atoms. The highest BCUT2D eigenvalue weighted by Gasteiger charge is 2.11. The smallest absolute Gasteiger partial charge is 0.255 e. The number of Topliss-reactive ketones (excluding diaryl/α,β-unsaturated/α-hetero) is 1. The number of nitrogens with zero attached hydrogens (tertiary/aromatic N) is 1. The molecule has 4 heteroatoms. The third-order valence-corrected chi connectivity index (χ3v) is 5.40.